The smallest absolute Gasteiger partial charge is 0.0267 e. The normalized spacial score (nSPS) is 19.1. The summed E-state index contributed by atoms with van der Waals surface area (Å²) in [6.45, 7) is 6.79. The lowest BCUT2D eigenvalue weighted by molar-refractivity contribution is 0.108. The van der Waals surface area contributed by atoms with Gasteiger partial charge in [-0.1, -0.05) is 38.1 Å². The molecule has 1 aliphatic rings. The SMILES string of the molecule is CC(C)c1ccc(CC2(N(C)C)CCNCC2)cc1. The van der Waals surface area contributed by atoms with Gasteiger partial charge in [0.1, 0.15) is 0 Å². The average molecular weight is 260 g/mol. The van der Waals surface area contributed by atoms with E-state index in [1.807, 2.05) is 0 Å². The Morgan fingerprint density at radius 1 is 1.11 bits per heavy atom. The van der Waals surface area contributed by atoms with Gasteiger partial charge in [-0.25, -0.2) is 0 Å². The van der Waals surface area contributed by atoms with Crippen LogP contribution in [0.4, 0.5) is 0 Å². The summed E-state index contributed by atoms with van der Waals surface area (Å²) in [5.41, 5.74) is 3.25. The Labute approximate surface area is 118 Å². The summed E-state index contributed by atoms with van der Waals surface area (Å²) < 4.78 is 0. The van der Waals surface area contributed by atoms with Crippen LogP contribution >= 0.6 is 0 Å². The molecular weight excluding hydrogens is 232 g/mol. The number of benzene rings is 1. The van der Waals surface area contributed by atoms with Crippen molar-refractivity contribution in [3.05, 3.63) is 35.4 Å². The molecule has 2 nitrogen and oxygen atoms in total. The molecule has 0 atom stereocenters. The van der Waals surface area contributed by atoms with Crippen molar-refractivity contribution in [1.29, 1.82) is 0 Å². The van der Waals surface area contributed by atoms with Gasteiger partial charge in [-0.3, -0.25) is 0 Å². The van der Waals surface area contributed by atoms with Crippen molar-refractivity contribution < 1.29 is 0 Å². The van der Waals surface area contributed by atoms with E-state index < -0.39 is 0 Å². The van der Waals surface area contributed by atoms with Gasteiger partial charge < -0.3 is 10.2 Å². The molecule has 1 N–H and O–H groups in total. The van der Waals surface area contributed by atoms with Crippen molar-refractivity contribution in [3.8, 4) is 0 Å². The van der Waals surface area contributed by atoms with Crippen LogP contribution in [-0.4, -0.2) is 37.6 Å². The number of piperidine rings is 1. The minimum Gasteiger partial charge on any atom is -0.317 e. The lowest BCUT2D eigenvalue weighted by Crippen LogP contribution is -2.53. The highest BCUT2D eigenvalue weighted by Gasteiger charge is 2.34. The first kappa shape index (κ1) is 14.5. The van der Waals surface area contributed by atoms with Gasteiger partial charge in [0.25, 0.3) is 0 Å². The maximum atomic E-state index is 3.48. The largest absolute Gasteiger partial charge is 0.317 e. The third-order valence-electron chi connectivity index (χ3n) is 4.66. The molecule has 0 spiro atoms. The molecule has 1 aliphatic heterocycles. The Morgan fingerprint density at radius 3 is 2.16 bits per heavy atom. The van der Waals surface area contributed by atoms with Gasteiger partial charge in [0, 0.05) is 5.54 Å². The second-order valence-electron chi connectivity index (χ2n) is 6.44. The second kappa shape index (κ2) is 6.06. The van der Waals surface area contributed by atoms with Crippen LogP contribution in [-0.2, 0) is 6.42 Å². The van der Waals surface area contributed by atoms with Crippen molar-refractivity contribution in [2.24, 2.45) is 0 Å². The summed E-state index contributed by atoms with van der Waals surface area (Å²) in [5.74, 6) is 0.621. The van der Waals surface area contributed by atoms with E-state index in [1.165, 1.54) is 30.4 Å². The quantitative estimate of drug-likeness (QED) is 0.895. The zero-order valence-corrected chi connectivity index (χ0v) is 12.9. The maximum Gasteiger partial charge on any atom is 0.0267 e. The third kappa shape index (κ3) is 3.37. The Kier molecular flexibility index (Phi) is 4.64. The first-order valence-electron chi connectivity index (χ1n) is 7.50. The van der Waals surface area contributed by atoms with E-state index in [2.05, 4.69) is 62.4 Å². The molecule has 0 radical (unpaired) electrons. The number of rotatable bonds is 4. The van der Waals surface area contributed by atoms with Gasteiger partial charge in [-0.15, -0.1) is 0 Å². The minimum atomic E-state index is 0.338. The summed E-state index contributed by atoms with van der Waals surface area (Å²) in [6.07, 6.45) is 3.65. The first-order valence-corrected chi connectivity index (χ1v) is 7.50. The van der Waals surface area contributed by atoms with Gasteiger partial charge >= 0.3 is 0 Å². The molecule has 2 rings (SSSR count). The van der Waals surface area contributed by atoms with Crippen molar-refractivity contribution >= 4 is 0 Å². The van der Waals surface area contributed by atoms with E-state index in [4.69, 9.17) is 0 Å². The molecule has 1 aromatic carbocycles. The van der Waals surface area contributed by atoms with Gasteiger partial charge in [-0.05, 0) is 63.5 Å². The number of hydrogen-bond acceptors (Lipinski definition) is 2. The van der Waals surface area contributed by atoms with E-state index in [9.17, 15) is 0 Å². The molecule has 0 saturated carbocycles. The van der Waals surface area contributed by atoms with Crippen LogP contribution in [0.2, 0.25) is 0 Å². The van der Waals surface area contributed by atoms with Gasteiger partial charge in [0.2, 0.25) is 0 Å². The molecule has 0 aliphatic carbocycles. The van der Waals surface area contributed by atoms with E-state index in [0.29, 0.717) is 11.5 Å². The van der Waals surface area contributed by atoms with E-state index >= 15 is 0 Å². The average Bonchev–Trinajstić information content (AvgIpc) is 2.40. The summed E-state index contributed by atoms with van der Waals surface area (Å²) in [5, 5.41) is 3.48. The van der Waals surface area contributed by atoms with Crippen LogP contribution < -0.4 is 5.32 Å². The maximum absolute atomic E-state index is 3.48. The lowest BCUT2D eigenvalue weighted by Gasteiger charge is -2.43. The van der Waals surface area contributed by atoms with Gasteiger partial charge in [0.05, 0.1) is 0 Å². The summed E-state index contributed by atoms with van der Waals surface area (Å²) in [7, 11) is 4.46. The molecule has 0 bridgehead atoms. The standard InChI is InChI=1S/C17H28N2/c1-14(2)16-7-5-15(6-8-16)13-17(19(3)4)9-11-18-12-10-17/h5-8,14,18H,9-13H2,1-4H3. The van der Waals surface area contributed by atoms with Crippen LogP contribution in [0.25, 0.3) is 0 Å². The number of nitrogens with one attached hydrogen (secondary N) is 1. The highest BCUT2D eigenvalue weighted by atomic mass is 15.2. The first-order chi connectivity index (χ1) is 9.03. The van der Waals surface area contributed by atoms with Crippen LogP contribution in [0, 0.1) is 0 Å². The molecule has 1 heterocycles. The monoisotopic (exact) mass is 260 g/mol. The highest BCUT2D eigenvalue weighted by molar-refractivity contribution is 5.26. The number of likely N-dealkylation sites (N-methyl/N-ethyl adjacent to an activating group) is 1. The summed E-state index contributed by atoms with van der Waals surface area (Å²) >= 11 is 0. The zero-order valence-electron chi connectivity index (χ0n) is 12.9. The van der Waals surface area contributed by atoms with E-state index in [-0.39, 0.29) is 0 Å². The fourth-order valence-electron chi connectivity index (χ4n) is 3.07. The minimum absolute atomic E-state index is 0.338. The molecule has 0 aromatic heterocycles. The predicted octanol–water partition coefficient (Wildman–Crippen LogP) is 3.04. The Balaban J connectivity index is 2.13. The second-order valence-corrected chi connectivity index (χ2v) is 6.44. The molecule has 1 aromatic rings. The van der Waals surface area contributed by atoms with Crippen LogP contribution in [0.5, 0.6) is 0 Å². The molecule has 2 heteroatoms. The topological polar surface area (TPSA) is 15.3 Å². The lowest BCUT2D eigenvalue weighted by atomic mass is 9.81. The van der Waals surface area contributed by atoms with Crippen LogP contribution in [0.1, 0.15) is 43.7 Å². The van der Waals surface area contributed by atoms with Crippen LogP contribution in [0.3, 0.4) is 0 Å². The van der Waals surface area contributed by atoms with E-state index in [0.717, 1.165) is 13.1 Å². The molecule has 19 heavy (non-hydrogen) atoms. The van der Waals surface area contributed by atoms with Crippen molar-refractivity contribution in [3.63, 3.8) is 0 Å². The van der Waals surface area contributed by atoms with Crippen LogP contribution in [0.15, 0.2) is 24.3 Å². The molecule has 106 valence electrons. The van der Waals surface area contributed by atoms with Gasteiger partial charge in [0.15, 0.2) is 0 Å². The van der Waals surface area contributed by atoms with Crippen molar-refractivity contribution in [1.82, 2.24) is 10.2 Å². The van der Waals surface area contributed by atoms with Crippen molar-refractivity contribution in [2.75, 3.05) is 27.2 Å². The van der Waals surface area contributed by atoms with E-state index in [1.54, 1.807) is 0 Å². The van der Waals surface area contributed by atoms with Gasteiger partial charge in [-0.2, -0.15) is 0 Å². The Bertz CT molecular complexity index is 386. The fourth-order valence-corrected chi connectivity index (χ4v) is 3.07. The predicted molar refractivity (Wildman–Crippen MR) is 82.8 cm³/mol. The van der Waals surface area contributed by atoms with Crippen molar-refractivity contribution in [2.45, 2.75) is 44.6 Å². The molecule has 1 fully saturated rings. The highest BCUT2D eigenvalue weighted by Crippen LogP contribution is 2.29. The molecule has 0 amide bonds. The molecule has 1 saturated heterocycles. The fraction of sp³-hybridized carbons (Fsp3) is 0.647. The molecular formula is C17H28N2. The number of nitrogens with zero attached hydrogens (tertiary/aromatic N) is 1. The summed E-state index contributed by atoms with van der Waals surface area (Å²) in [4.78, 5) is 2.43. The zero-order chi connectivity index (χ0) is 13.9. The number of hydrogen-bond donors (Lipinski definition) is 1. The Hall–Kier alpha value is -0.860. The Morgan fingerprint density at radius 2 is 1.68 bits per heavy atom. The summed E-state index contributed by atoms with van der Waals surface area (Å²) in [6, 6.07) is 9.24. The molecule has 0 unspecified atom stereocenters. The third-order valence-corrected chi connectivity index (χ3v) is 4.66.